The number of aromatic nitrogens is 3. The Balaban J connectivity index is 1.43. The molecule has 0 aromatic carbocycles. The molecular weight excluding hydrogens is 462 g/mol. The van der Waals surface area contributed by atoms with Crippen molar-refractivity contribution in [2.75, 3.05) is 5.32 Å². The average Bonchev–Trinajstić information content (AvgIpc) is 3.24. The molecule has 0 aliphatic heterocycles. The van der Waals surface area contributed by atoms with E-state index in [2.05, 4.69) is 45.8 Å². The molecule has 35 heavy (non-hydrogen) atoms. The Hall–Kier alpha value is -3.04. The maximum absolute atomic E-state index is 13.2. The number of rotatable bonds is 8. The summed E-state index contributed by atoms with van der Waals surface area (Å²) in [6.45, 7) is 8.28. The molecule has 2 unspecified atom stereocenters. The number of nitrogens with zero attached hydrogens (tertiary/aromatic N) is 3. The lowest BCUT2D eigenvalue weighted by Crippen LogP contribution is -2.27. The highest BCUT2D eigenvalue weighted by molar-refractivity contribution is 7.89. The monoisotopic (exact) mass is 495 g/mol. The standard InChI is InChI=1S/C26H33N5O3S/c1-18-5-9-23(35(32,33)29-17-19-6-10-24(28-16-19)26(2,3)4)25(30-18)31-20-7-8-22(15-20)34-21-11-13-27-14-12-21/h5-6,9-14,16,20,22,29H,7-8,15,17H2,1-4H3,(H,30,31). The Morgan fingerprint density at radius 1 is 1.06 bits per heavy atom. The number of anilines is 1. The minimum absolute atomic E-state index is 0.0569. The van der Waals surface area contributed by atoms with Gasteiger partial charge >= 0.3 is 0 Å². The molecule has 4 rings (SSSR count). The fraction of sp³-hybridized carbons (Fsp3) is 0.423. The molecule has 0 spiro atoms. The first-order valence-corrected chi connectivity index (χ1v) is 13.3. The predicted molar refractivity (Wildman–Crippen MR) is 136 cm³/mol. The van der Waals surface area contributed by atoms with Crippen LogP contribution < -0.4 is 14.8 Å². The van der Waals surface area contributed by atoms with Gasteiger partial charge in [-0.3, -0.25) is 9.97 Å². The largest absolute Gasteiger partial charge is 0.490 e. The Morgan fingerprint density at radius 2 is 1.83 bits per heavy atom. The quantitative estimate of drug-likeness (QED) is 0.478. The molecule has 3 heterocycles. The zero-order chi connectivity index (χ0) is 25.1. The Morgan fingerprint density at radius 3 is 2.51 bits per heavy atom. The number of ether oxygens (including phenoxy) is 1. The molecule has 1 saturated carbocycles. The molecule has 0 radical (unpaired) electrons. The fourth-order valence-electron chi connectivity index (χ4n) is 4.07. The minimum atomic E-state index is -3.79. The second-order valence-electron chi connectivity index (χ2n) is 10.0. The number of aryl methyl sites for hydroxylation is 1. The van der Waals surface area contributed by atoms with Crippen molar-refractivity contribution in [3.05, 3.63) is 71.9 Å². The number of hydrogen-bond donors (Lipinski definition) is 2. The van der Waals surface area contributed by atoms with Gasteiger partial charge in [0.25, 0.3) is 0 Å². The third kappa shape index (κ3) is 6.55. The summed E-state index contributed by atoms with van der Waals surface area (Å²) in [6.07, 6.45) is 7.69. The van der Waals surface area contributed by atoms with Crippen molar-refractivity contribution in [3.8, 4) is 5.75 Å². The summed E-state index contributed by atoms with van der Waals surface area (Å²) in [5.41, 5.74) is 2.44. The summed E-state index contributed by atoms with van der Waals surface area (Å²) in [7, 11) is -3.79. The van der Waals surface area contributed by atoms with Crippen molar-refractivity contribution in [1.82, 2.24) is 19.7 Å². The summed E-state index contributed by atoms with van der Waals surface area (Å²) in [5.74, 6) is 1.16. The van der Waals surface area contributed by atoms with Crippen molar-refractivity contribution >= 4 is 15.8 Å². The third-order valence-electron chi connectivity index (χ3n) is 6.02. The van der Waals surface area contributed by atoms with Gasteiger partial charge in [-0.25, -0.2) is 18.1 Å². The van der Waals surface area contributed by atoms with Crippen LogP contribution in [0.2, 0.25) is 0 Å². The van der Waals surface area contributed by atoms with Crippen LogP contribution in [-0.4, -0.2) is 35.5 Å². The van der Waals surface area contributed by atoms with E-state index >= 15 is 0 Å². The van der Waals surface area contributed by atoms with E-state index < -0.39 is 10.0 Å². The number of sulfonamides is 1. The number of nitrogens with one attached hydrogen (secondary N) is 2. The average molecular weight is 496 g/mol. The topological polar surface area (TPSA) is 106 Å². The zero-order valence-corrected chi connectivity index (χ0v) is 21.5. The van der Waals surface area contributed by atoms with Gasteiger partial charge in [0.2, 0.25) is 10.0 Å². The van der Waals surface area contributed by atoms with Crippen LogP contribution in [0.4, 0.5) is 5.82 Å². The zero-order valence-electron chi connectivity index (χ0n) is 20.7. The molecule has 0 bridgehead atoms. The lowest BCUT2D eigenvalue weighted by atomic mass is 9.91. The van der Waals surface area contributed by atoms with Gasteiger partial charge in [-0.05, 0) is 55.7 Å². The summed E-state index contributed by atoms with van der Waals surface area (Å²) in [5, 5.41) is 3.36. The summed E-state index contributed by atoms with van der Waals surface area (Å²) in [6, 6.07) is 10.9. The van der Waals surface area contributed by atoms with Crippen molar-refractivity contribution in [1.29, 1.82) is 0 Å². The predicted octanol–water partition coefficient (Wildman–Crippen LogP) is 4.37. The normalized spacial score (nSPS) is 18.4. The molecule has 1 aliphatic carbocycles. The summed E-state index contributed by atoms with van der Waals surface area (Å²) >= 11 is 0. The van der Waals surface area contributed by atoms with E-state index in [1.807, 2.05) is 31.2 Å². The van der Waals surface area contributed by atoms with Crippen molar-refractivity contribution < 1.29 is 13.2 Å². The molecule has 9 heteroatoms. The van der Waals surface area contributed by atoms with Gasteiger partial charge in [0.15, 0.2) is 0 Å². The molecule has 2 N–H and O–H groups in total. The summed E-state index contributed by atoms with van der Waals surface area (Å²) in [4.78, 5) is 13.1. The maximum Gasteiger partial charge on any atom is 0.244 e. The first-order chi connectivity index (χ1) is 16.6. The van der Waals surface area contributed by atoms with E-state index in [0.717, 1.165) is 42.0 Å². The molecule has 8 nitrogen and oxygen atoms in total. The molecule has 1 aliphatic rings. The van der Waals surface area contributed by atoms with Crippen molar-refractivity contribution in [2.24, 2.45) is 0 Å². The molecule has 3 aromatic heterocycles. The molecule has 3 aromatic rings. The Kier molecular flexibility index (Phi) is 7.37. The lowest BCUT2D eigenvalue weighted by molar-refractivity contribution is 0.208. The van der Waals surface area contributed by atoms with E-state index in [1.54, 1.807) is 30.7 Å². The SMILES string of the molecule is Cc1ccc(S(=O)(=O)NCc2ccc(C(C)(C)C)nc2)c(NC2CCC(Oc3ccncc3)C2)n1. The highest BCUT2D eigenvalue weighted by Crippen LogP contribution is 2.29. The van der Waals surface area contributed by atoms with Crippen LogP contribution in [0, 0.1) is 6.92 Å². The molecule has 2 atom stereocenters. The first kappa shape index (κ1) is 25.1. The van der Waals surface area contributed by atoms with Gasteiger partial charge in [-0.1, -0.05) is 26.8 Å². The van der Waals surface area contributed by atoms with Gasteiger partial charge in [0, 0.05) is 54.4 Å². The van der Waals surface area contributed by atoms with E-state index in [4.69, 9.17) is 4.74 Å². The highest BCUT2D eigenvalue weighted by Gasteiger charge is 2.29. The van der Waals surface area contributed by atoms with Crippen LogP contribution in [0.5, 0.6) is 5.75 Å². The molecule has 186 valence electrons. The molecule has 0 saturated heterocycles. The van der Waals surface area contributed by atoms with Crippen LogP contribution >= 0.6 is 0 Å². The van der Waals surface area contributed by atoms with Crippen molar-refractivity contribution in [2.45, 2.75) is 76.0 Å². The maximum atomic E-state index is 13.2. The first-order valence-electron chi connectivity index (χ1n) is 11.9. The van der Waals surface area contributed by atoms with Crippen LogP contribution in [0.3, 0.4) is 0 Å². The minimum Gasteiger partial charge on any atom is -0.490 e. The molecular formula is C26H33N5O3S. The van der Waals surface area contributed by atoms with Gasteiger partial charge in [-0.2, -0.15) is 0 Å². The summed E-state index contributed by atoms with van der Waals surface area (Å²) < 4.78 is 35.1. The van der Waals surface area contributed by atoms with E-state index in [0.29, 0.717) is 5.82 Å². The van der Waals surface area contributed by atoms with Gasteiger partial charge in [0.05, 0.1) is 0 Å². The lowest BCUT2D eigenvalue weighted by Gasteiger charge is -2.19. The van der Waals surface area contributed by atoms with Gasteiger partial charge < -0.3 is 10.1 Å². The molecule has 0 amide bonds. The van der Waals surface area contributed by atoms with Gasteiger partial charge in [0.1, 0.15) is 22.6 Å². The van der Waals surface area contributed by atoms with Crippen molar-refractivity contribution in [3.63, 3.8) is 0 Å². The number of hydrogen-bond acceptors (Lipinski definition) is 7. The molecule has 1 fully saturated rings. The second kappa shape index (κ2) is 10.3. The highest BCUT2D eigenvalue weighted by atomic mass is 32.2. The Bertz CT molecular complexity index is 1240. The number of pyridine rings is 3. The second-order valence-corrected chi connectivity index (χ2v) is 11.7. The van der Waals surface area contributed by atoms with E-state index in [1.165, 1.54) is 0 Å². The van der Waals surface area contributed by atoms with E-state index in [9.17, 15) is 8.42 Å². The van der Waals surface area contributed by atoms with Gasteiger partial charge in [-0.15, -0.1) is 0 Å². The smallest absolute Gasteiger partial charge is 0.244 e. The van der Waals surface area contributed by atoms with Crippen LogP contribution in [0.1, 0.15) is 57.0 Å². The van der Waals surface area contributed by atoms with Crippen LogP contribution in [0.15, 0.2) is 59.9 Å². The van der Waals surface area contributed by atoms with Crippen LogP contribution in [0.25, 0.3) is 0 Å². The fourth-order valence-corrected chi connectivity index (χ4v) is 5.19. The van der Waals surface area contributed by atoms with E-state index in [-0.39, 0.29) is 29.0 Å². The Labute approximate surface area is 207 Å². The third-order valence-corrected chi connectivity index (χ3v) is 7.46. The van der Waals surface area contributed by atoms with Crippen LogP contribution in [-0.2, 0) is 22.0 Å².